The second-order valence-corrected chi connectivity index (χ2v) is 6.06. The van der Waals surface area contributed by atoms with Gasteiger partial charge in [-0.3, -0.25) is 14.4 Å². The first-order chi connectivity index (χ1) is 9.85. The number of carbonyl (C=O) groups excluding carboxylic acids is 2. The molecule has 0 aromatic rings. The van der Waals surface area contributed by atoms with Gasteiger partial charge in [-0.25, -0.2) is 0 Å². The Morgan fingerprint density at radius 1 is 1.19 bits per heavy atom. The number of carboxylic acid groups (broad SMARTS) is 1. The molecule has 0 bridgehead atoms. The van der Waals surface area contributed by atoms with E-state index in [9.17, 15) is 19.5 Å². The third kappa shape index (κ3) is 5.36. The van der Waals surface area contributed by atoms with Crippen LogP contribution in [0.3, 0.4) is 0 Å². The molecule has 1 fully saturated rings. The summed E-state index contributed by atoms with van der Waals surface area (Å²) in [4.78, 5) is 34.8. The predicted octanol–water partition coefficient (Wildman–Crippen LogP) is 1.15. The van der Waals surface area contributed by atoms with Gasteiger partial charge in [-0.1, -0.05) is 13.3 Å². The molecule has 1 rings (SSSR count). The molecule has 3 N–H and O–H groups in total. The smallest absolute Gasteiger partial charge is 0.307 e. The maximum absolute atomic E-state index is 12.1. The Morgan fingerprint density at radius 3 is 2.33 bits per heavy atom. The van der Waals surface area contributed by atoms with Crippen LogP contribution in [0.5, 0.6) is 0 Å². The monoisotopic (exact) mass is 298 g/mol. The first-order valence-corrected chi connectivity index (χ1v) is 7.65. The van der Waals surface area contributed by atoms with E-state index in [4.69, 9.17) is 0 Å². The lowest BCUT2D eigenvalue weighted by molar-refractivity contribution is -0.146. The van der Waals surface area contributed by atoms with Crippen LogP contribution >= 0.6 is 0 Å². The van der Waals surface area contributed by atoms with Crippen molar-refractivity contribution in [3.05, 3.63) is 0 Å². The Hall–Kier alpha value is -1.59. The second kappa shape index (κ2) is 8.00. The maximum Gasteiger partial charge on any atom is 0.307 e. The molecular weight excluding hydrogens is 272 g/mol. The van der Waals surface area contributed by atoms with E-state index in [1.165, 1.54) is 0 Å². The van der Waals surface area contributed by atoms with E-state index in [0.29, 0.717) is 18.8 Å². The van der Waals surface area contributed by atoms with Gasteiger partial charge in [0.05, 0.1) is 11.8 Å². The van der Waals surface area contributed by atoms with E-state index in [2.05, 4.69) is 10.6 Å². The molecule has 21 heavy (non-hydrogen) atoms. The zero-order chi connectivity index (χ0) is 16.0. The van der Waals surface area contributed by atoms with Crippen LogP contribution in [0.1, 0.15) is 46.5 Å². The highest BCUT2D eigenvalue weighted by Crippen LogP contribution is 2.38. The van der Waals surface area contributed by atoms with Crippen molar-refractivity contribution in [1.29, 1.82) is 0 Å². The summed E-state index contributed by atoms with van der Waals surface area (Å²) in [5.74, 6) is -2.02. The highest BCUT2D eigenvalue weighted by atomic mass is 16.4. The molecule has 1 aliphatic rings. The molecule has 0 spiro atoms. The van der Waals surface area contributed by atoms with Crippen LogP contribution in [0, 0.1) is 17.8 Å². The number of rotatable bonds is 7. The molecule has 3 unspecified atom stereocenters. The number of carbonyl (C=O) groups is 3. The maximum atomic E-state index is 12.1. The van der Waals surface area contributed by atoms with E-state index in [-0.39, 0.29) is 30.8 Å². The zero-order valence-corrected chi connectivity index (χ0v) is 13.0. The topological polar surface area (TPSA) is 95.5 Å². The van der Waals surface area contributed by atoms with E-state index >= 15 is 0 Å². The number of hydrogen-bond acceptors (Lipinski definition) is 3. The molecule has 6 nitrogen and oxygen atoms in total. The number of aliphatic carboxylic acids is 1. The van der Waals surface area contributed by atoms with Crippen LogP contribution < -0.4 is 10.6 Å². The van der Waals surface area contributed by atoms with Crippen molar-refractivity contribution in [3.63, 3.8) is 0 Å². The van der Waals surface area contributed by atoms with Crippen LogP contribution in [0.25, 0.3) is 0 Å². The zero-order valence-electron chi connectivity index (χ0n) is 13.0. The van der Waals surface area contributed by atoms with Crippen molar-refractivity contribution >= 4 is 17.8 Å². The van der Waals surface area contributed by atoms with Gasteiger partial charge in [0.2, 0.25) is 11.8 Å². The molecule has 1 saturated carbocycles. The summed E-state index contributed by atoms with van der Waals surface area (Å²) in [6.07, 6.45) is 2.30. The average Bonchev–Trinajstić information content (AvgIpc) is 2.82. The second-order valence-electron chi connectivity index (χ2n) is 6.06. The van der Waals surface area contributed by atoms with Gasteiger partial charge in [-0.2, -0.15) is 0 Å². The lowest BCUT2D eigenvalue weighted by atomic mass is 9.95. The van der Waals surface area contributed by atoms with Gasteiger partial charge in [-0.05, 0) is 32.6 Å². The third-order valence-electron chi connectivity index (χ3n) is 3.99. The van der Waals surface area contributed by atoms with Crippen LogP contribution in [0.15, 0.2) is 0 Å². The summed E-state index contributed by atoms with van der Waals surface area (Å²) in [6.45, 7) is 6.01. The summed E-state index contributed by atoms with van der Waals surface area (Å²) >= 11 is 0. The standard InChI is InChI=1S/C15H26N2O4/c1-4-10-7-11(12(8-10)15(20)21)14(19)16-6-5-13(18)17-9(2)3/h9-12H,4-8H2,1-3H3,(H,16,19)(H,17,18)(H,20,21). The van der Waals surface area contributed by atoms with Crippen LogP contribution in [0.4, 0.5) is 0 Å². The van der Waals surface area contributed by atoms with Crippen LogP contribution in [-0.2, 0) is 14.4 Å². The Bertz CT molecular complexity index is 395. The van der Waals surface area contributed by atoms with Crippen molar-refractivity contribution in [2.45, 2.75) is 52.5 Å². The van der Waals surface area contributed by atoms with E-state index in [1.54, 1.807) is 0 Å². The Morgan fingerprint density at radius 2 is 1.81 bits per heavy atom. The highest BCUT2D eigenvalue weighted by molar-refractivity contribution is 5.85. The normalized spacial score (nSPS) is 24.9. The van der Waals surface area contributed by atoms with E-state index < -0.39 is 17.8 Å². The summed E-state index contributed by atoms with van der Waals surface area (Å²) in [5.41, 5.74) is 0. The van der Waals surface area contributed by atoms with Gasteiger partial charge in [0.25, 0.3) is 0 Å². The molecule has 6 heteroatoms. The van der Waals surface area contributed by atoms with E-state index in [0.717, 1.165) is 6.42 Å². The van der Waals surface area contributed by atoms with Gasteiger partial charge >= 0.3 is 5.97 Å². The molecule has 0 heterocycles. The molecule has 0 radical (unpaired) electrons. The van der Waals surface area contributed by atoms with Crippen molar-refractivity contribution in [2.75, 3.05) is 6.54 Å². The fourth-order valence-corrected chi connectivity index (χ4v) is 2.86. The molecule has 0 saturated heterocycles. The minimum atomic E-state index is -0.899. The van der Waals surface area contributed by atoms with Crippen molar-refractivity contribution in [2.24, 2.45) is 17.8 Å². The first-order valence-electron chi connectivity index (χ1n) is 7.65. The molecule has 120 valence electrons. The first kappa shape index (κ1) is 17.5. The summed E-state index contributed by atoms with van der Waals surface area (Å²) in [6, 6.07) is 0.0738. The lowest BCUT2D eigenvalue weighted by Crippen LogP contribution is -2.38. The minimum Gasteiger partial charge on any atom is -0.481 e. The number of nitrogens with one attached hydrogen (secondary N) is 2. The third-order valence-corrected chi connectivity index (χ3v) is 3.99. The molecule has 0 aromatic carbocycles. The summed E-state index contributed by atoms with van der Waals surface area (Å²) in [5, 5.41) is 14.7. The summed E-state index contributed by atoms with van der Waals surface area (Å²) in [7, 11) is 0. The Balaban J connectivity index is 2.43. The Kier molecular flexibility index (Phi) is 6.65. The molecule has 3 atom stereocenters. The van der Waals surface area contributed by atoms with Crippen molar-refractivity contribution in [1.82, 2.24) is 10.6 Å². The Labute approximate surface area is 125 Å². The van der Waals surface area contributed by atoms with Gasteiger partial charge < -0.3 is 15.7 Å². The lowest BCUT2D eigenvalue weighted by Gasteiger charge is -2.15. The number of amides is 2. The van der Waals surface area contributed by atoms with Gasteiger partial charge in [0.1, 0.15) is 0 Å². The fraction of sp³-hybridized carbons (Fsp3) is 0.800. The SMILES string of the molecule is CCC1CC(C(=O)O)C(C(=O)NCCC(=O)NC(C)C)C1. The van der Waals surface area contributed by atoms with E-state index in [1.807, 2.05) is 20.8 Å². The number of carboxylic acids is 1. The van der Waals surface area contributed by atoms with Gasteiger partial charge in [-0.15, -0.1) is 0 Å². The molecule has 1 aliphatic carbocycles. The van der Waals surface area contributed by atoms with Gasteiger partial charge in [0, 0.05) is 19.0 Å². The predicted molar refractivity (Wildman–Crippen MR) is 78.5 cm³/mol. The van der Waals surface area contributed by atoms with Crippen molar-refractivity contribution < 1.29 is 19.5 Å². The number of hydrogen-bond donors (Lipinski definition) is 3. The molecule has 0 aliphatic heterocycles. The summed E-state index contributed by atoms with van der Waals surface area (Å²) < 4.78 is 0. The highest BCUT2D eigenvalue weighted by Gasteiger charge is 2.41. The molecular formula is C15H26N2O4. The van der Waals surface area contributed by atoms with Crippen molar-refractivity contribution in [3.8, 4) is 0 Å². The molecule has 2 amide bonds. The van der Waals surface area contributed by atoms with Gasteiger partial charge in [0.15, 0.2) is 0 Å². The fourth-order valence-electron chi connectivity index (χ4n) is 2.86. The molecule has 0 aromatic heterocycles. The van der Waals surface area contributed by atoms with Crippen LogP contribution in [-0.4, -0.2) is 35.5 Å². The largest absolute Gasteiger partial charge is 0.481 e. The average molecular weight is 298 g/mol. The van der Waals surface area contributed by atoms with Crippen LogP contribution in [0.2, 0.25) is 0 Å². The quantitative estimate of drug-likeness (QED) is 0.657. The minimum absolute atomic E-state index is 0.0738.